The standard InChI is InChI=1S/C20H23NO4S2/c1-15-11-17(3)20(12-16(15)2)27(24,25)21(13-18-7-5-4-6-8-18)19-9-10-26(22,23)14-19/h4-12,19H,13-14H2,1-3H3/t19-/m0/s1. The Morgan fingerprint density at radius 1 is 1.00 bits per heavy atom. The normalized spacial score (nSPS) is 18.9. The third-order valence-corrected chi connectivity index (χ3v) is 8.23. The lowest BCUT2D eigenvalue weighted by Crippen LogP contribution is -2.40. The van der Waals surface area contributed by atoms with Gasteiger partial charge in [-0.1, -0.05) is 42.5 Å². The van der Waals surface area contributed by atoms with Gasteiger partial charge in [-0.15, -0.1) is 0 Å². The van der Waals surface area contributed by atoms with E-state index in [0.29, 0.717) is 5.56 Å². The van der Waals surface area contributed by atoms with Gasteiger partial charge in [-0.3, -0.25) is 0 Å². The van der Waals surface area contributed by atoms with Crippen LogP contribution in [0.2, 0.25) is 0 Å². The molecule has 0 N–H and O–H groups in total. The number of sulfone groups is 1. The largest absolute Gasteiger partial charge is 0.244 e. The highest BCUT2D eigenvalue weighted by atomic mass is 32.2. The summed E-state index contributed by atoms with van der Waals surface area (Å²) in [7, 11) is -7.27. The smallest absolute Gasteiger partial charge is 0.224 e. The molecule has 1 aliphatic heterocycles. The Morgan fingerprint density at radius 2 is 1.63 bits per heavy atom. The van der Waals surface area contributed by atoms with Crippen LogP contribution < -0.4 is 0 Å². The number of hydrogen-bond acceptors (Lipinski definition) is 4. The van der Waals surface area contributed by atoms with E-state index in [1.54, 1.807) is 13.0 Å². The van der Waals surface area contributed by atoms with Crippen molar-refractivity contribution in [1.82, 2.24) is 4.31 Å². The van der Waals surface area contributed by atoms with E-state index >= 15 is 0 Å². The molecule has 3 rings (SSSR count). The minimum Gasteiger partial charge on any atom is -0.224 e. The van der Waals surface area contributed by atoms with Gasteiger partial charge in [0.1, 0.15) is 0 Å². The third kappa shape index (κ3) is 4.15. The molecule has 5 nitrogen and oxygen atoms in total. The summed E-state index contributed by atoms with van der Waals surface area (Å²) in [4.78, 5) is 0.222. The number of rotatable bonds is 5. The highest BCUT2D eigenvalue weighted by Crippen LogP contribution is 2.29. The zero-order chi connectivity index (χ0) is 19.8. The molecule has 0 amide bonds. The third-order valence-electron chi connectivity index (χ3n) is 4.84. The maximum absolute atomic E-state index is 13.5. The summed E-state index contributed by atoms with van der Waals surface area (Å²) in [6.07, 6.45) is 1.46. The van der Waals surface area contributed by atoms with E-state index in [0.717, 1.165) is 22.1 Å². The lowest BCUT2D eigenvalue weighted by molar-refractivity contribution is 0.375. The molecular weight excluding hydrogens is 382 g/mol. The summed E-state index contributed by atoms with van der Waals surface area (Å²) in [5, 5.41) is 1.11. The number of sulfonamides is 1. The van der Waals surface area contributed by atoms with E-state index in [1.165, 1.54) is 10.4 Å². The Bertz CT molecular complexity index is 1090. The number of hydrogen-bond donors (Lipinski definition) is 0. The molecule has 2 aromatic rings. The SMILES string of the molecule is Cc1cc(C)c(S(=O)(=O)N(Cc2ccccc2)[C@H]2C=CS(=O)(=O)C2)cc1C. The second kappa shape index (κ2) is 7.22. The van der Waals surface area contributed by atoms with Gasteiger partial charge in [0.15, 0.2) is 9.84 Å². The molecule has 0 aliphatic carbocycles. The van der Waals surface area contributed by atoms with Crippen molar-refractivity contribution < 1.29 is 16.8 Å². The summed E-state index contributed by atoms with van der Waals surface area (Å²) in [5.41, 5.74) is 3.36. The molecule has 0 radical (unpaired) electrons. The highest BCUT2D eigenvalue weighted by molar-refractivity contribution is 7.94. The van der Waals surface area contributed by atoms with Crippen LogP contribution in [0, 0.1) is 20.8 Å². The average molecular weight is 406 g/mol. The van der Waals surface area contributed by atoms with Crippen LogP contribution in [0.4, 0.5) is 0 Å². The molecule has 0 spiro atoms. The van der Waals surface area contributed by atoms with E-state index in [1.807, 2.05) is 50.2 Å². The van der Waals surface area contributed by atoms with Crippen LogP contribution in [-0.2, 0) is 26.4 Å². The van der Waals surface area contributed by atoms with Crippen molar-refractivity contribution in [2.75, 3.05) is 5.75 Å². The van der Waals surface area contributed by atoms with Crippen molar-refractivity contribution in [3.63, 3.8) is 0 Å². The predicted molar refractivity (Wildman–Crippen MR) is 107 cm³/mol. The molecular formula is C20H23NO4S2. The van der Waals surface area contributed by atoms with Gasteiger partial charge in [0.05, 0.1) is 16.7 Å². The first-order valence-electron chi connectivity index (χ1n) is 8.65. The minimum atomic E-state index is -3.89. The summed E-state index contributed by atoms with van der Waals surface area (Å²) in [6.45, 7) is 5.68. The molecule has 0 bridgehead atoms. The Labute approximate surface area is 161 Å². The van der Waals surface area contributed by atoms with Gasteiger partial charge < -0.3 is 0 Å². The molecule has 0 fully saturated rings. The fourth-order valence-electron chi connectivity index (χ4n) is 3.22. The molecule has 27 heavy (non-hydrogen) atoms. The van der Waals surface area contributed by atoms with Crippen LogP contribution in [0.1, 0.15) is 22.3 Å². The summed E-state index contributed by atoms with van der Waals surface area (Å²) >= 11 is 0. The molecule has 0 saturated carbocycles. The quantitative estimate of drug-likeness (QED) is 0.766. The van der Waals surface area contributed by atoms with E-state index in [9.17, 15) is 16.8 Å². The van der Waals surface area contributed by atoms with Crippen molar-refractivity contribution in [2.45, 2.75) is 38.3 Å². The highest BCUT2D eigenvalue weighted by Gasteiger charge is 2.36. The van der Waals surface area contributed by atoms with Crippen molar-refractivity contribution in [3.05, 3.63) is 76.2 Å². The van der Waals surface area contributed by atoms with Crippen LogP contribution >= 0.6 is 0 Å². The molecule has 0 saturated heterocycles. The van der Waals surface area contributed by atoms with Gasteiger partial charge >= 0.3 is 0 Å². The Hall–Kier alpha value is -1.96. The average Bonchev–Trinajstić information content (AvgIpc) is 2.96. The topological polar surface area (TPSA) is 71.5 Å². The second-order valence-corrected chi connectivity index (χ2v) is 10.8. The van der Waals surface area contributed by atoms with Gasteiger partial charge in [-0.05, 0) is 49.1 Å². The van der Waals surface area contributed by atoms with Crippen molar-refractivity contribution >= 4 is 19.9 Å². The zero-order valence-corrected chi connectivity index (χ0v) is 17.2. The van der Waals surface area contributed by atoms with Crippen LogP contribution in [0.3, 0.4) is 0 Å². The maximum Gasteiger partial charge on any atom is 0.244 e. The van der Waals surface area contributed by atoms with Gasteiger partial charge in [0, 0.05) is 12.0 Å². The fraction of sp³-hybridized carbons (Fsp3) is 0.300. The maximum atomic E-state index is 13.5. The van der Waals surface area contributed by atoms with E-state index in [-0.39, 0.29) is 17.2 Å². The Kier molecular flexibility index (Phi) is 5.29. The first-order chi connectivity index (χ1) is 12.6. The van der Waals surface area contributed by atoms with Crippen LogP contribution in [0.5, 0.6) is 0 Å². The molecule has 1 heterocycles. The fourth-order valence-corrected chi connectivity index (χ4v) is 6.48. The summed E-state index contributed by atoms with van der Waals surface area (Å²) in [6, 6.07) is 12.0. The van der Waals surface area contributed by atoms with Gasteiger partial charge in [-0.2, -0.15) is 4.31 Å². The number of benzene rings is 2. The van der Waals surface area contributed by atoms with Crippen LogP contribution in [0.25, 0.3) is 0 Å². The molecule has 2 aromatic carbocycles. The molecule has 144 valence electrons. The number of aryl methyl sites for hydroxylation is 3. The first kappa shape index (κ1) is 19.8. The minimum absolute atomic E-state index is 0.111. The molecule has 1 atom stereocenters. The van der Waals surface area contributed by atoms with E-state index < -0.39 is 25.9 Å². The van der Waals surface area contributed by atoms with Crippen molar-refractivity contribution in [1.29, 1.82) is 0 Å². The van der Waals surface area contributed by atoms with Gasteiger partial charge in [0.2, 0.25) is 10.0 Å². The molecule has 1 aliphatic rings. The monoisotopic (exact) mass is 405 g/mol. The Balaban J connectivity index is 2.09. The van der Waals surface area contributed by atoms with Crippen molar-refractivity contribution in [3.8, 4) is 0 Å². The molecule has 0 aromatic heterocycles. The van der Waals surface area contributed by atoms with Gasteiger partial charge in [-0.25, -0.2) is 16.8 Å². The lowest BCUT2D eigenvalue weighted by Gasteiger charge is -2.28. The van der Waals surface area contributed by atoms with Crippen molar-refractivity contribution in [2.24, 2.45) is 0 Å². The molecule has 0 unspecified atom stereocenters. The predicted octanol–water partition coefficient (Wildman–Crippen LogP) is 3.11. The van der Waals surface area contributed by atoms with E-state index in [2.05, 4.69) is 0 Å². The first-order valence-corrected chi connectivity index (χ1v) is 11.8. The second-order valence-electron chi connectivity index (χ2n) is 6.96. The van der Waals surface area contributed by atoms with Crippen LogP contribution in [-0.4, -0.2) is 32.9 Å². The van der Waals surface area contributed by atoms with Crippen LogP contribution in [0.15, 0.2) is 58.8 Å². The summed E-state index contributed by atoms with van der Waals surface area (Å²) in [5.74, 6) is -0.233. The lowest BCUT2D eigenvalue weighted by atomic mass is 10.1. The van der Waals surface area contributed by atoms with E-state index in [4.69, 9.17) is 0 Å². The number of nitrogens with zero attached hydrogens (tertiary/aromatic N) is 1. The zero-order valence-electron chi connectivity index (χ0n) is 15.6. The molecule has 7 heteroatoms. The van der Waals surface area contributed by atoms with Gasteiger partial charge in [0.25, 0.3) is 0 Å². The Morgan fingerprint density at radius 3 is 2.22 bits per heavy atom. The summed E-state index contributed by atoms with van der Waals surface area (Å²) < 4.78 is 52.2.